The van der Waals surface area contributed by atoms with Gasteiger partial charge < -0.3 is 19.7 Å². The molecular formula is C13H19N3O2. The molecule has 5 nitrogen and oxygen atoms in total. The summed E-state index contributed by atoms with van der Waals surface area (Å²) in [5.74, 6) is 1.78. The lowest BCUT2D eigenvalue weighted by Crippen LogP contribution is -2.26. The number of rotatable bonds is 1. The molecule has 2 aliphatic heterocycles. The molecule has 1 aromatic rings. The molecule has 0 atom stereocenters. The second-order valence-electron chi connectivity index (χ2n) is 4.61. The number of hydrogen-bond donors (Lipinski definition) is 1. The zero-order valence-corrected chi connectivity index (χ0v) is 10.5. The summed E-state index contributed by atoms with van der Waals surface area (Å²) in [6.45, 7) is 5.94. The van der Waals surface area contributed by atoms with Gasteiger partial charge in [0.25, 0.3) is 0 Å². The van der Waals surface area contributed by atoms with E-state index in [2.05, 4.69) is 27.3 Å². The fourth-order valence-corrected chi connectivity index (χ4v) is 2.31. The van der Waals surface area contributed by atoms with E-state index in [1.165, 1.54) is 0 Å². The fourth-order valence-electron chi connectivity index (χ4n) is 2.31. The summed E-state index contributed by atoms with van der Waals surface area (Å²) < 4.78 is 11.1. The molecule has 0 radical (unpaired) electrons. The van der Waals surface area contributed by atoms with Crippen LogP contribution in [0.15, 0.2) is 12.1 Å². The SMILES string of the molecule is c1cc2c(nc1N1CCCOCC1)OCCNC2. The van der Waals surface area contributed by atoms with Crippen molar-refractivity contribution in [3.05, 3.63) is 17.7 Å². The van der Waals surface area contributed by atoms with Gasteiger partial charge in [-0.3, -0.25) is 0 Å². The van der Waals surface area contributed by atoms with E-state index in [0.717, 1.165) is 63.1 Å². The molecular weight excluding hydrogens is 230 g/mol. The minimum absolute atomic E-state index is 0.687. The van der Waals surface area contributed by atoms with Gasteiger partial charge in [0.15, 0.2) is 0 Å². The molecule has 5 heteroatoms. The average molecular weight is 249 g/mol. The standard InChI is InChI=1S/C13H19N3O2/c1-5-16(6-9-17-7-1)12-3-2-11-10-14-4-8-18-13(11)15-12/h2-3,14H,1,4-10H2. The Hall–Kier alpha value is -1.33. The van der Waals surface area contributed by atoms with Gasteiger partial charge in [0.2, 0.25) is 5.88 Å². The molecule has 18 heavy (non-hydrogen) atoms. The molecule has 0 aliphatic carbocycles. The molecule has 0 aromatic carbocycles. The van der Waals surface area contributed by atoms with Crippen molar-refractivity contribution in [2.24, 2.45) is 0 Å². The van der Waals surface area contributed by atoms with Gasteiger partial charge in [0.1, 0.15) is 12.4 Å². The van der Waals surface area contributed by atoms with Gasteiger partial charge in [0, 0.05) is 38.3 Å². The molecule has 2 aliphatic rings. The Morgan fingerprint density at radius 1 is 1.17 bits per heavy atom. The second-order valence-corrected chi connectivity index (χ2v) is 4.61. The fraction of sp³-hybridized carbons (Fsp3) is 0.615. The van der Waals surface area contributed by atoms with E-state index in [0.29, 0.717) is 6.61 Å². The van der Waals surface area contributed by atoms with Crippen molar-refractivity contribution in [3.8, 4) is 5.88 Å². The summed E-state index contributed by atoms with van der Waals surface area (Å²) >= 11 is 0. The first-order valence-electron chi connectivity index (χ1n) is 6.59. The maximum atomic E-state index is 5.68. The van der Waals surface area contributed by atoms with Crippen LogP contribution in [0.25, 0.3) is 0 Å². The molecule has 98 valence electrons. The normalized spacial score (nSPS) is 20.6. The second kappa shape index (κ2) is 5.54. The van der Waals surface area contributed by atoms with E-state index in [1.54, 1.807) is 0 Å². The Morgan fingerprint density at radius 2 is 2.17 bits per heavy atom. The molecule has 0 unspecified atom stereocenters. The average Bonchev–Trinajstić information content (AvgIpc) is 2.80. The molecule has 1 N–H and O–H groups in total. The molecule has 3 heterocycles. The Balaban J connectivity index is 1.81. The molecule has 0 bridgehead atoms. The highest BCUT2D eigenvalue weighted by atomic mass is 16.5. The van der Waals surface area contributed by atoms with E-state index in [1.807, 2.05) is 0 Å². The number of nitrogens with zero attached hydrogens (tertiary/aromatic N) is 2. The van der Waals surface area contributed by atoms with Crippen molar-refractivity contribution in [2.45, 2.75) is 13.0 Å². The highest BCUT2D eigenvalue weighted by molar-refractivity contribution is 5.44. The van der Waals surface area contributed by atoms with Gasteiger partial charge in [-0.25, -0.2) is 0 Å². The zero-order valence-electron chi connectivity index (χ0n) is 10.5. The molecule has 1 saturated heterocycles. The van der Waals surface area contributed by atoms with E-state index < -0.39 is 0 Å². The van der Waals surface area contributed by atoms with Gasteiger partial charge in [-0.1, -0.05) is 0 Å². The lowest BCUT2D eigenvalue weighted by atomic mass is 10.2. The predicted octanol–water partition coefficient (Wildman–Crippen LogP) is 0.790. The first-order valence-corrected chi connectivity index (χ1v) is 6.59. The zero-order chi connectivity index (χ0) is 12.2. The van der Waals surface area contributed by atoms with E-state index in [4.69, 9.17) is 9.47 Å². The molecule has 1 fully saturated rings. The number of anilines is 1. The number of aromatic nitrogens is 1. The smallest absolute Gasteiger partial charge is 0.219 e. The van der Waals surface area contributed by atoms with E-state index in [-0.39, 0.29) is 0 Å². The summed E-state index contributed by atoms with van der Waals surface area (Å²) in [5, 5.41) is 3.31. The van der Waals surface area contributed by atoms with Gasteiger partial charge in [-0.15, -0.1) is 0 Å². The first kappa shape index (κ1) is 11.7. The van der Waals surface area contributed by atoms with Crippen molar-refractivity contribution in [2.75, 3.05) is 44.4 Å². The number of fused-ring (bicyclic) bond motifs is 1. The van der Waals surface area contributed by atoms with Crippen LogP contribution in [-0.4, -0.2) is 44.4 Å². The van der Waals surface area contributed by atoms with Crippen LogP contribution in [-0.2, 0) is 11.3 Å². The van der Waals surface area contributed by atoms with Crippen LogP contribution in [0.3, 0.4) is 0 Å². The molecule has 1 aromatic heterocycles. The maximum absolute atomic E-state index is 5.68. The summed E-state index contributed by atoms with van der Waals surface area (Å²) in [5.41, 5.74) is 1.14. The minimum Gasteiger partial charge on any atom is -0.476 e. The molecule has 0 amide bonds. The maximum Gasteiger partial charge on any atom is 0.219 e. The largest absolute Gasteiger partial charge is 0.476 e. The summed E-state index contributed by atoms with van der Waals surface area (Å²) in [4.78, 5) is 6.92. The third kappa shape index (κ3) is 2.57. The van der Waals surface area contributed by atoms with Crippen LogP contribution in [0, 0.1) is 0 Å². The van der Waals surface area contributed by atoms with Crippen LogP contribution in [0.2, 0.25) is 0 Å². The van der Waals surface area contributed by atoms with Crippen LogP contribution < -0.4 is 15.0 Å². The monoisotopic (exact) mass is 249 g/mol. The van der Waals surface area contributed by atoms with Crippen molar-refractivity contribution in [1.82, 2.24) is 10.3 Å². The molecule has 3 rings (SSSR count). The van der Waals surface area contributed by atoms with E-state index in [9.17, 15) is 0 Å². The summed E-state index contributed by atoms with van der Waals surface area (Å²) in [6, 6.07) is 4.20. The minimum atomic E-state index is 0.687. The van der Waals surface area contributed by atoms with Crippen molar-refractivity contribution in [1.29, 1.82) is 0 Å². The van der Waals surface area contributed by atoms with Crippen molar-refractivity contribution < 1.29 is 9.47 Å². The quantitative estimate of drug-likeness (QED) is 0.797. The highest BCUT2D eigenvalue weighted by Crippen LogP contribution is 2.23. The number of nitrogens with one attached hydrogen (secondary N) is 1. The third-order valence-electron chi connectivity index (χ3n) is 3.30. The molecule has 0 spiro atoms. The van der Waals surface area contributed by atoms with Gasteiger partial charge >= 0.3 is 0 Å². The van der Waals surface area contributed by atoms with Crippen LogP contribution in [0.5, 0.6) is 5.88 Å². The Bertz CT molecular complexity index is 403. The predicted molar refractivity (Wildman–Crippen MR) is 69.1 cm³/mol. The molecule has 0 saturated carbocycles. The Kier molecular flexibility index (Phi) is 3.61. The Labute approximate surface area is 107 Å². The Morgan fingerprint density at radius 3 is 3.17 bits per heavy atom. The van der Waals surface area contributed by atoms with Crippen molar-refractivity contribution >= 4 is 5.82 Å². The van der Waals surface area contributed by atoms with Crippen LogP contribution in [0.1, 0.15) is 12.0 Å². The van der Waals surface area contributed by atoms with E-state index >= 15 is 0 Å². The highest BCUT2D eigenvalue weighted by Gasteiger charge is 2.15. The number of pyridine rings is 1. The van der Waals surface area contributed by atoms with Gasteiger partial charge in [-0.05, 0) is 18.6 Å². The van der Waals surface area contributed by atoms with Gasteiger partial charge in [0.05, 0.1) is 6.61 Å². The summed E-state index contributed by atoms with van der Waals surface area (Å²) in [7, 11) is 0. The lowest BCUT2D eigenvalue weighted by Gasteiger charge is -2.21. The number of ether oxygens (including phenoxy) is 2. The van der Waals surface area contributed by atoms with Crippen LogP contribution >= 0.6 is 0 Å². The number of hydrogen-bond acceptors (Lipinski definition) is 5. The topological polar surface area (TPSA) is 46.6 Å². The van der Waals surface area contributed by atoms with Crippen LogP contribution in [0.4, 0.5) is 5.82 Å². The third-order valence-corrected chi connectivity index (χ3v) is 3.30. The van der Waals surface area contributed by atoms with Crippen molar-refractivity contribution in [3.63, 3.8) is 0 Å². The van der Waals surface area contributed by atoms with Gasteiger partial charge in [-0.2, -0.15) is 4.98 Å². The summed E-state index contributed by atoms with van der Waals surface area (Å²) in [6.07, 6.45) is 1.06. The lowest BCUT2D eigenvalue weighted by molar-refractivity contribution is 0.152. The first-order chi connectivity index (χ1) is 8.93.